The lowest BCUT2D eigenvalue weighted by Crippen LogP contribution is -2.19. The van der Waals surface area contributed by atoms with E-state index in [2.05, 4.69) is 19.7 Å². The SMILES string of the molecule is O=S(=O)(Nc1ccc(OCC(F)(F)F)cc1)c1cn[nH]c1. The van der Waals surface area contributed by atoms with Gasteiger partial charge in [0.1, 0.15) is 10.6 Å². The van der Waals surface area contributed by atoms with Crippen LogP contribution in [-0.2, 0) is 10.0 Å². The molecule has 0 saturated carbocycles. The van der Waals surface area contributed by atoms with E-state index in [0.29, 0.717) is 0 Å². The van der Waals surface area contributed by atoms with Gasteiger partial charge < -0.3 is 4.74 Å². The smallest absolute Gasteiger partial charge is 0.422 e. The van der Waals surface area contributed by atoms with Crippen LogP contribution in [-0.4, -0.2) is 31.4 Å². The van der Waals surface area contributed by atoms with Crippen LogP contribution in [0.3, 0.4) is 0 Å². The summed E-state index contributed by atoms with van der Waals surface area (Å²) in [6.45, 7) is -1.41. The molecule has 2 aromatic rings. The van der Waals surface area contributed by atoms with Crippen LogP contribution in [0.1, 0.15) is 0 Å². The summed E-state index contributed by atoms with van der Waals surface area (Å²) in [5.74, 6) is -0.0152. The molecule has 0 aliphatic carbocycles. The summed E-state index contributed by atoms with van der Waals surface area (Å²) in [7, 11) is -3.78. The molecule has 0 amide bonds. The van der Waals surface area contributed by atoms with Gasteiger partial charge in [-0.2, -0.15) is 18.3 Å². The lowest BCUT2D eigenvalue weighted by atomic mass is 10.3. The first-order valence-corrected chi connectivity index (χ1v) is 7.06. The number of alkyl halides is 3. The number of sulfonamides is 1. The molecule has 1 aromatic heterocycles. The van der Waals surface area contributed by atoms with Crippen molar-refractivity contribution < 1.29 is 26.3 Å². The van der Waals surface area contributed by atoms with Crippen molar-refractivity contribution in [3.63, 3.8) is 0 Å². The zero-order chi connectivity index (χ0) is 15.5. The highest BCUT2D eigenvalue weighted by atomic mass is 32.2. The summed E-state index contributed by atoms with van der Waals surface area (Å²) in [5, 5.41) is 5.89. The molecule has 10 heteroatoms. The molecular formula is C11H10F3N3O3S. The fourth-order valence-electron chi connectivity index (χ4n) is 1.38. The number of hydrogen-bond acceptors (Lipinski definition) is 4. The summed E-state index contributed by atoms with van der Waals surface area (Å²) in [6.07, 6.45) is -2.10. The van der Waals surface area contributed by atoms with Gasteiger partial charge in [0.05, 0.1) is 6.20 Å². The van der Waals surface area contributed by atoms with Gasteiger partial charge in [-0.05, 0) is 24.3 Å². The van der Waals surface area contributed by atoms with Crippen molar-refractivity contribution in [3.05, 3.63) is 36.7 Å². The lowest BCUT2D eigenvalue weighted by molar-refractivity contribution is -0.153. The van der Waals surface area contributed by atoms with Gasteiger partial charge in [-0.1, -0.05) is 0 Å². The van der Waals surface area contributed by atoms with Crippen molar-refractivity contribution in [1.82, 2.24) is 10.2 Å². The molecule has 1 heterocycles. The van der Waals surface area contributed by atoms with Crippen LogP contribution in [0.2, 0.25) is 0 Å². The second-order valence-electron chi connectivity index (χ2n) is 3.97. The molecule has 0 unspecified atom stereocenters. The van der Waals surface area contributed by atoms with Crippen molar-refractivity contribution >= 4 is 15.7 Å². The summed E-state index contributed by atoms with van der Waals surface area (Å²) >= 11 is 0. The number of anilines is 1. The third-order valence-electron chi connectivity index (χ3n) is 2.29. The largest absolute Gasteiger partial charge is 0.484 e. The van der Waals surface area contributed by atoms with Gasteiger partial charge in [0.15, 0.2) is 6.61 Å². The van der Waals surface area contributed by atoms with Gasteiger partial charge in [-0.25, -0.2) is 8.42 Å². The molecule has 0 aliphatic heterocycles. The monoisotopic (exact) mass is 321 g/mol. The number of H-pyrrole nitrogens is 1. The first kappa shape index (κ1) is 15.2. The van der Waals surface area contributed by atoms with Crippen LogP contribution in [0.4, 0.5) is 18.9 Å². The van der Waals surface area contributed by atoms with Gasteiger partial charge >= 0.3 is 6.18 Å². The standard InChI is InChI=1S/C11H10F3N3O3S/c12-11(13,14)7-20-9-3-1-8(2-4-9)17-21(18,19)10-5-15-16-6-10/h1-6,17H,7H2,(H,15,16). The second-order valence-corrected chi connectivity index (χ2v) is 5.65. The Labute approximate surface area is 118 Å². The molecule has 0 aliphatic rings. The van der Waals surface area contributed by atoms with E-state index in [9.17, 15) is 21.6 Å². The predicted molar refractivity (Wildman–Crippen MR) is 67.4 cm³/mol. The fraction of sp³-hybridized carbons (Fsp3) is 0.182. The average Bonchev–Trinajstić information content (AvgIpc) is 2.91. The van der Waals surface area contributed by atoms with Crippen LogP contribution in [0.25, 0.3) is 0 Å². The number of halogens is 3. The Kier molecular flexibility index (Phi) is 4.07. The van der Waals surface area contributed by atoms with E-state index in [1.54, 1.807) is 0 Å². The van der Waals surface area contributed by atoms with Gasteiger partial charge in [-0.15, -0.1) is 0 Å². The van der Waals surface area contributed by atoms with E-state index in [1.807, 2.05) is 0 Å². The number of aromatic nitrogens is 2. The molecule has 2 rings (SSSR count). The molecule has 0 saturated heterocycles. The molecule has 6 nitrogen and oxygen atoms in total. The van der Waals surface area contributed by atoms with E-state index < -0.39 is 22.8 Å². The molecule has 0 radical (unpaired) electrons. The maximum Gasteiger partial charge on any atom is 0.422 e. The number of benzene rings is 1. The Bertz CT molecular complexity index is 682. The highest BCUT2D eigenvalue weighted by Gasteiger charge is 2.28. The lowest BCUT2D eigenvalue weighted by Gasteiger charge is -2.10. The summed E-state index contributed by atoms with van der Waals surface area (Å²) in [6, 6.07) is 5.06. The first-order valence-electron chi connectivity index (χ1n) is 5.57. The maximum absolute atomic E-state index is 12.0. The third kappa shape index (κ3) is 4.38. The molecule has 0 spiro atoms. The summed E-state index contributed by atoms with van der Waals surface area (Å²) < 4.78 is 66.4. The van der Waals surface area contributed by atoms with Crippen LogP contribution < -0.4 is 9.46 Å². The number of nitrogens with zero attached hydrogens (tertiary/aromatic N) is 1. The van der Waals surface area contributed by atoms with Gasteiger partial charge in [0.25, 0.3) is 10.0 Å². The Morgan fingerprint density at radius 1 is 1.24 bits per heavy atom. The van der Waals surface area contributed by atoms with E-state index in [4.69, 9.17) is 0 Å². The van der Waals surface area contributed by atoms with E-state index in [-0.39, 0.29) is 16.3 Å². The van der Waals surface area contributed by atoms with Crippen molar-refractivity contribution in [2.45, 2.75) is 11.1 Å². The maximum atomic E-state index is 12.0. The number of nitrogens with one attached hydrogen (secondary N) is 2. The van der Waals surface area contributed by atoms with Crippen molar-refractivity contribution in [2.75, 3.05) is 11.3 Å². The topological polar surface area (TPSA) is 84.1 Å². The van der Waals surface area contributed by atoms with Gasteiger partial charge in [0, 0.05) is 11.9 Å². The van der Waals surface area contributed by atoms with Crippen molar-refractivity contribution in [3.8, 4) is 5.75 Å². The molecule has 2 N–H and O–H groups in total. The third-order valence-corrected chi connectivity index (χ3v) is 3.64. The Morgan fingerprint density at radius 3 is 2.43 bits per heavy atom. The fourth-order valence-corrected chi connectivity index (χ4v) is 2.35. The summed E-state index contributed by atoms with van der Waals surface area (Å²) in [5.41, 5.74) is 0.190. The van der Waals surface area contributed by atoms with E-state index >= 15 is 0 Å². The molecule has 0 fully saturated rings. The quantitative estimate of drug-likeness (QED) is 0.884. The first-order chi connectivity index (χ1) is 9.76. The van der Waals surface area contributed by atoms with Crippen LogP contribution >= 0.6 is 0 Å². The normalized spacial score (nSPS) is 12.1. The Balaban J connectivity index is 2.03. The number of rotatable bonds is 5. The highest BCUT2D eigenvalue weighted by Crippen LogP contribution is 2.21. The van der Waals surface area contributed by atoms with Gasteiger partial charge in [-0.3, -0.25) is 9.82 Å². The minimum atomic E-state index is -4.43. The molecule has 1 aromatic carbocycles. The number of hydrogen-bond donors (Lipinski definition) is 2. The molecule has 0 bridgehead atoms. The van der Waals surface area contributed by atoms with Crippen molar-refractivity contribution in [2.24, 2.45) is 0 Å². The zero-order valence-electron chi connectivity index (χ0n) is 10.4. The minimum Gasteiger partial charge on any atom is -0.484 e. The van der Waals surface area contributed by atoms with Crippen LogP contribution in [0.15, 0.2) is 41.6 Å². The van der Waals surface area contributed by atoms with Crippen LogP contribution in [0.5, 0.6) is 5.75 Å². The number of aromatic amines is 1. The molecule has 0 atom stereocenters. The minimum absolute atomic E-state index is 0.0152. The Morgan fingerprint density at radius 2 is 1.90 bits per heavy atom. The second kappa shape index (κ2) is 5.64. The zero-order valence-corrected chi connectivity index (χ0v) is 11.2. The Hall–Kier alpha value is -2.23. The average molecular weight is 321 g/mol. The van der Waals surface area contributed by atoms with E-state index in [0.717, 1.165) is 6.20 Å². The molecule has 114 valence electrons. The molecular weight excluding hydrogens is 311 g/mol. The summed E-state index contributed by atoms with van der Waals surface area (Å²) in [4.78, 5) is -0.0557. The number of ether oxygens (including phenoxy) is 1. The van der Waals surface area contributed by atoms with Gasteiger partial charge in [0.2, 0.25) is 0 Å². The van der Waals surface area contributed by atoms with Crippen molar-refractivity contribution in [1.29, 1.82) is 0 Å². The van der Waals surface area contributed by atoms with Crippen LogP contribution in [0, 0.1) is 0 Å². The molecule has 21 heavy (non-hydrogen) atoms. The highest BCUT2D eigenvalue weighted by molar-refractivity contribution is 7.92. The van der Waals surface area contributed by atoms with E-state index in [1.165, 1.54) is 30.5 Å². The predicted octanol–water partition coefficient (Wildman–Crippen LogP) is 2.15.